The molecule has 1 N–H and O–H groups in total. The molecule has 114 valence electrons. The Bertz CT molecular complexity index is 823. The Morgan fingerprint density at radius 2 is 2.09 bits per heavy atom. The van der Waals surface area contributed by atoms with E-state index in [4.69, 9.17) is 0 Å². The van der Waals surface area contributed by atoms with Crippen molar-refractivity contribution >= 4 is 16.6 Å². The van der Waals surface area contributed by atoms with Gasteiger partial charge in [-0.15, -0.1) is 0 Å². The summed E-state index contributed by atoms with van der Waals surface area (Å²) in [6, 6.07) is 6.62. The molecule has 2 heterocycles. The minimum absolute atomic E-state index is 0.253. The third-order valence-corrected chi connectivity index (χ3v) is 3.69. The minimum atomic E-state index is -0.253. The number of anilines is 1. The summed E-state index contributed by atoms with van der Waals surface area (Å²) < 4.78 is 15.4. The Hall–Kier alpha value is -2.43. The summed E-state index contributed by atoms with van der Waals surface area (Å²) in [6.45, 7) is 4.69. The van der Waals surface area contributed by atoms with Crippen LogP contribution in [0.5, 0.6) is 0 Å². The SMILES string of the molecule is CCc1nn(C)cc1CNc1cc(C)nc2ccc(F)cc12. The van der Waals surface area contributed by atoms with Crippen LogP contribution in [0.15, 0.2) is 30.5 Å². The maximum atomic E-state index is 13.5. The van der Waals surface area contributed by atoms with Gasteiger partial charge in [-0.05, 0) is 37.6 Å². The van der Waals surface area contributed by atoms with Crippen LogP contribution in [-0.4, -0.2) is 14.8 Å². The first-order valence-corrected chi connectivity index (χ1v) is 7.39. The van der Waals surface area contributed by atoms with Gasteiger partial charge in [0, 0.05) is 42.1 Å². The van der Waals surface area contributed by atoms with E-state index in [1.807, 2.05) is 30.9 Å². The van der Waals surface area contributed by atoms with Crippen molar-refractivity contribution in [3.63, 3.8) is 0 Å². The number of nitrogens with zero attached hydrogens (tertiary/aromatic N) is 3. The molecule has 0 unspecified atom stereocenters. The molecule has 0 saturated carbocycles. The first-order chi connectivity index (χ1) is 10.6. The maximum absolute atomic E-state index is 13.5. The lowest BCUT2D eigenvalue weighted by molar-refractivity contribution is 0.629. The van der Waals surface area contributed by atoms with Crippen molar-refractivity contribution in [3.05, 3.63) is 53.2 Å². The Labute approximate surface area is 129 Å². The fraction of sp³-hybridized carbons (Fsp3) is 0.294. The van der Waals surface area contributed by atoms with Crippen LogP contribution < -0.4 is 5.32 Å². The lowest BCUT2D eigenvalue weighted by atomic mass is 10.1. The molecule has 3 aromatic rings. The van der Waals surface area contributed by atoms with Gasteiger partial charge in [-0.2, -0.15) is 5.10 Å². The molecule has 0 atom stereocenters. The standard InChI is InChI=1S/C17H19FN4/c1-4-15-12(10-22(3)21-15)9-19-17-7-11(2)20-16-6-5-13(18)8-14(16)17/h5-8,10H,4,9H2,1-3H3,(H,19,20). The number of hydrogen-bond acceptors (Lipinski definition) is 3. The molecular formula is C17H19FN4. The molecule has 0 radical (unpaired) electrons. The average Bonchev–Trinajstić information content (AvgIpc) is 2.85. The van der Waals surface area contributed by atoms with Gasteiger partial charge in [-0.25, -0.2) is 4.39 Å². The molecule has 0 aliphatic rings. The summed E-state index contributed by atoms with van der Waals surface area (Å²) in [5.74, 6) is -0.253. The second-order valence-electron chi connectivity index (χ2n) is 5.45. The number of halogens is 1. The molecule has 5 heteroatoms. The van der Waals surface area contributed by atoms with Gasteiger partial charge in [0.25, 0.3) is 0 Å². The van der Waals surface area contributed by atoms with E-state index in [9.17, 15) is 4.39 Å². The summed E-state index contributed by atoms with van der Waals surface area (Å²) in [5, 5.41) is 8.64. The number of aromatic nitrogens is 3. The normalized spacial score (nSPS) is 11.1. The fourth-order valence-corrected chi connectivity index (χ4v) is 2.70. The number of nitrogens with one attached hydrogen (secondary N) is 1. The van der Waals surface area contributed by atoms with Gasteiger partial charge >= 0.3 is 0 Å². The number of benzene rings is 1. The van der Waals surface area contributed by atoms with Crippen LogP contribution in [-0.2, 0) is 20.0 Å². The Balaban J connectivity index is 1.94. The summed E-state index contributed by atoms with van der Waals surface area (Å²) in [4.78, 5) is 4.45. The van der Waals surface area contributed by atoms with Gasteiger partial charge in [0.2, 0.25) is 0 Å². The smallest absolute Gasteiger partial charge is 0.124 e. The summed E-state index contributed by atoms with van der Waals surface area (Å²) in [5.41, 5.74) is 4.84. The first-order valence-electron chi connectivity index (χ1n) is 7.39. The molecule has 0 aliphatic heterocycles. The number of rotatable bonds is 4. The predicted molar refractivity (Wildman–Crippen MR) is 86.4 cm³/mol. The number of fused-ring (bicyclic) bond motifs is 1. The molecule has 0 fully saturated rings. The average molecular weight is 298 g/mol. The highest BCUT2D eigenvalue weighted by Gasteiger charge is 2.08. The van der Waals surface area contributed by atoms with E-state index < -0.39 is 0 Å². The second-order valence-corrected chi connectivity index (χ2v) is 5.45. The quantitative estimate of drug-likeness (QED) is 0.800. The van der Waals surface area contributed by atoms with Crippen molar-refractivity contribution in [3.8, 4) is 0 Å². The van der Waals surface area contributed by atoms with Gasteiger partial charge in [0.1, 0.15) is 5.82 Å². The van der Waals surface area contributed by atoms with Crippen LogP contribution in [0, 0.1) is 12.7 Å². The monoisotopic (exact) mass is 298 g/mol. The van der Waals surface area contributed by atoms with Crippen molar-refractivity contribution in [2.24, 2.45) is 7.05 Å². The number of pyridine rings is 1. The Morgan fingerprint density at radius 1 is 1.27 bits per heavy atom. The molecule has 0 amide bonds. The molecule has 3 rings (SSSR count). The van der Waals surface area contributed by atoms with Crippen molar-refractivity contribution in [2.45, 2.75) is 26.8 Å². The lowest BCUT2D eigenvalue weighted by Crippen LogP contribution is -2.03. The van der Waals surface area contributed by atoms with E-state index in [2.05, 4.69) is 22.3 Å². The molecule has 4 nitrogen and oxygen atoms in total. The lowest BCUT2D eigenvalue weighted by Gasteiger charge is -2.11. The summed E-state index contributed by atoms with van der Waals surface area (Å²) in [7, 11) is 1.92. The minimum Gasteiger partial charge on any atom is -0.380 e. The van der Waals surface area contributed by atoms with E-state index in [1.54, 1.807) is 6.07 Å². The zero-order valence-corrected chi connectivity index (χ0v) is 13.0. The zero-order chi connectivity index (χ0) is 15.7. The van der Waals surface area contributed by atoms with Crippen molar-refractivity contribution < 1.29 is 4.39 Å². The van der Waals surface area contributed by atoms with Gasteiger partial charge in [-0.1, -0.05) is 6.92 Å². The highest BCUT2D eigenvalue weighted by molar-refractivity contribution is 5.91. The summed E-state index contributed by atoms with van der Waals surface area (Å²) in [6.07, 6.45) is 2.91. The van der Waals surface area contributed by atoms with E-state index in [0.717, 1.165) is 40.0 Å². The maximum Gasteiger partial charge on any atom is 0.124 e. The van der Waals surface area contributed by atoms with Gasteiger partial charge in [0.05, 0.1) is 11.2 Å². The molecule has 1 aromatic carbocycles. The zero-order valence-electron chi connectivity index (χ0n) is 13.0. The highest BCUT2D eigenvalue weighted by Crippen LogP contribution is 2.25. The third-order valence-electron chi connectivity index (χ3n) is 3.69. The van der Waals surface area contributed by atoms with E-state index in [1.165, 1.54) is 12.1 Å². The molecule has 0 aliphatic carbocycles. The van der Waals surface area contributed by atoms with Crippen molar-refractivity contribution in [1.82, 2.24) is 14.8 Å². The van der Waals surface area contributed by atoms with Crippen LogP contribution in [0.2, 0.25) is 0 Å². The number of hydrogen-bond donors (Lipinski definition) is 1. The van der Waals surface area contributed by atoms with Crippen molar-refractivity contribution in [1.29, 1.82) is 0 Å². The number of aryl methyl sites for hydroxylation is 3. The van der Waals surface area contributed by atoms with E-state index in [0.29, 0.717) is 6.54 Å². The van der Waals surface area contributed by atoms with Crippen LogP contribution in [0.1, 0.15) is 23.9 Å². The largest absolute Gasteiger partial charge is 0.380 e. The van der Waals surface area contributed by atoms with Gasteiger partial charge < -0.3 is 5.32 Å². The molecule has 0 spiro atoms. The van der Waals surface area contributed by atoms with Gasteiger partial charge in [0.15, 0.2) is 0 Å². The first kappa shape index (κ1) is 14.5. The molecule has 2 aromatic heterocycles. The van der Waals surface area contributed by atoms with Crippen LogP contribution >= 0.6 is 0 Å². The van der Waals surface area contributed by atoms with Crippen LogP contribution in [0.4, 0.5) is 10.1 Å². The molecule has 0 bridgehead atoms. The second kappa shape index (κ2) is 5.75. The predicted octanol–water partition coefficient (Wildman–Crippen LogP) is 3.59. The van der Waals surface area contributed by atoms with E-state index >= 15 is 0 Å². The van der Waals surface area contributed by atoms with Crippen LogP contribution in [0.25, 0.3) is 10.9 Å². The topological polar surface area (TPSA) is 42.7 Å². The molecular weight excluding hydrogens is 279 g/mol. The van der Waals surface area contributed by atoms with Crippen molar-refractivity contribution in [2.75, 3.05) is 5.32 Å². The Morgan fingerprint density at radius 3 is 2.86 bits per heavy atom. The fourth-order valence-electron chi connectivity index (χ4n) is 2.70. The Kier molecular flexibility index (Phi) is 3.79. The molecule has 0 saturated heterocycles. The van der Waals surface area contributed by atoms with E-state index in [-0.39, 0.29) is 5.82 Å². The summed E-state index contributed by atoms with van der Waals surface area (Å²) >= 11 is 0. The van der Waals surface area contributed by atoms with Gasteiger partial charge in [-0.3, -0.25) is 9.67 Å². The molecule has 22 heavy (non-hydrogen) atoms. The highest BCUT2D eigenvalue weighted by atomic mass is 19.1. The van der Waals surface area contributed by atoms with Crippen LogP contribution in [0.3, 0.4) is 0 Å². The third kappa shape index (κ3) is 2.79.